The minimum absolute atomic E-state index is 0.331. The van der Waals surface area contributed by atoms with Crippen LogP contribution in [0.5, 0.6) is 0 Å². The van der Waals surface area contributed by atoms with Crippen LogP contribution in [0.4, 0.5) is 0 Å². The summed E-state index contributed by atoms with van der Waals surface area (Å²) in [5.74, 6) is 0.331. The molecule has 1 N–H and O–H groups in total. The Morgan fingerprint density at radius 2 is 2.12 bits per heavy atom. The second kappa shape index (κ2) is 3.68. The molecule has 0 radical (unpaired) electrons. The highest BCUT2D eigenvalue weighted by Crippen LogP contribution is 2.31. The molecule has 1 unspecified atom stereocenters. The highest BCUT2D eigenvalue weighted by atomic mass is 32.1. The molecule has 3 nitrogen and oxygen atoms in total. The molecule has 2 aromatic heterocycles. The molecule has 4 heteroatoms. The minimum atomic E-state index is -1.18. The lowest BCUT2D eigenvalue weighted by atomic mass is 9.99. The summed E-state index contributed by atoms with van der Waals surface area (Å²) in [4.78, 5) is 4.33. The maximum Gasteiger partial charge on any atom is 0.231 e. The highest BCUT2D eigenvalue weighted by Gasteiger charge is 2.31. The van der Waals surface area contributed by atoms with Crippen molar-refractivity contribution in [3.05, 3.63) is 52.5 Å². The molecule has 3 rings (SSSR count). The van der Waals surface area contributed by atoms with Crippen LogP contribution in [0.1, 0.15) is 18.4 Å². The first-order chi connectivity index (χ1) is 8.18. The van der Waals surface area contributed by atoms with Crippen LogP contribution >= 0.6 is 11.3 Å². The smallest absolute Gasteiger partial charge is 0.231 e. The topological polar surface area (TPSA) is 46.3 Å². The summed E-state index contributed by atoms with van der Waals surface area (Å²) in [6, 6.07) is 9.37. The molecular weight excluding hydrogens is 234 g/mol. The molecule has 1 aromatic carbocycles. The van der Waals surface area contributed by atoms with Gasteiger partial charge in [-0.1, -0.05) is 12.1 Å². The molecule has 17 heavy (non-hydrogen) atoms. The second-order valence-corrected chi connectivity index (χ2v) is 4.85. The van der Waals surface area contributed by atoms with E-state index in [1.54, 1.807) is 6.92 Å². The fourth-order valence-corrected chi connectivity index (χ4v) is 2.50. The molecule has 0 amide bonds. The van der Waals surface area contributed by atoms with E-state index in [-0.39, 0.29) is 0 Å². The largest absolute Gasteiger partial charge is 0.437 e. The van der Waals surface area contributed by atoms with Gasteiger partial charge in [0.2, 0.25) is 5.89 Å². The SMILES string of the molecule is CC(O)(c1ccsc1)c1nc2ccccc2o1. The van der Waals surface area contributed by atoms with Crippen LogP contribution < -0.4 is 0 Å². The van der Waals surface area contributed by atoms with Crippen LogP contribution in [0.2, 0.25) is 0 Å². The summed E-state index contributed by atoms with van der Waals surface area (Å²) in [5, 5.41) is 14.3. The monoisotopic (exact) mass is 245 g/mol. The van der Waals surface area contributed by atoms with E-state index in [9.17, 15) is 5.11 Å². The van der Waals surface area contributed by atoms with Crippen LogP contribution in [-0.2, 0) is 5.60 Å². The van der Waals surface area contributed by atoms with Gasteiger partial charge in [-0.3, -0.25) is 0 Å². The fraction of sp³-hybridized carbons (Fsp3) is 0.154. The summed E-state index contributed by atoms with van der Waals surface area (Å²) < 4.78 is 5.60. The van der Waals surface area contributed by atoms with Gasteiger partial charge in [-0.05, 0) is 35.9 Å². The summed E-state index contributed by atoms with van der Waals surface area (Å²) in [5.41, 5.74) is 1.07. The van der Waals surface area contributed by atoms with Gasteiger partial charge in [-0.15, -0.1) is 0 Å². The third-order valence-corrected chi connectivity index (χ3v) is 3.48. The Kier molecular flexibility index (Phi) is 2.28. The van der Waals surface area contributed by atoms with Gasteiger partial charge in [0, 0.05) is 5.56 Å². The number of aliphatic hydroxyl groups is 1. The van der Waals surface area contributed by atoms with Gasteiger partial charge in [-0.25, -0.2) is 4.98 Å². The molecule has 0 fully saturated rings. The van der Waals surface area contributed by atoms with Gasteiger partial charge in [0.25, 0.3) is 0 Å². The van der Waals surface area contributed by atoms with E-state index in [4.69, 9.17) is 4.42 Å². The van der Waals surface area contributed by atoms with Gasteiger partial charge >= 0.3 is 0 Å². The van der Waals surface area contributed by atoms with Gasteiger partial charge in [0.05, 0.1) is 0 Å². The molecule has 0 bridgehead atoms. The quantitative estimate of drug-likeness (QED) is 0.754. The number of aromatic nitrogens is 1. The molecule has 1 atom stereocenters. The van der Waals surface area contributed by atoms with E-state index in [1.807, 2.05) is 41.1 Å². The molecule has 2 heterocycles. The highest BCUT2D eigenvalue weighted by molar-refractivity contribution is 7.08. The van der Waals surface area contributed by atoms with E-state index in [0.29, 0.717) is 11.5 Å². The standard InChI is InChI=1S/C13H11NO2S/c1-13(15,9-6-7-17-8-9)12-14-10-4-2-3-5-11(10)16-12/h2-8,15H,1H3. The van der Waals surface area contributed by atoms with Crippen molar-refractivity contribution >= 4 is 22.4 Å². The zero-order valence-electron chi connectivity index (χ0n) is 9.25. The predicted octanol–water partition coefficient (Wildman–Crippen LogP) is 3.15. The predicted molar refractivity (Wildman–Crippen MR) is 67.0 cm³/mol. The lowest BCUT2D eigenvalue weighted by molar-refractivity contribution is 0.0731. The van der Waals surface area contributed by atoms with Crippen LogP contribution in [0.25, 0.3) is 11.1 Å². The Labute approximate surface area is 102 Å². The summed E-state index contributed by atoms with van der Waals surface area (Å²) in [7, 11) is 0. The first-order valence-electron chi connectivity index (χ1n) is 5.29. The molecule has 0 aliphatic heterocycles. The average Bonchev–Trinajstić information content (AvgIpc) is 2.98. The van der Waals surface area contributed by atoms with Crippen LogP contribution in [-0.4, -0.2) is 10.1 Å². The zero-order chi connectivity index (χ0) is 11.9. The molecule has 3 aromatic rings. The first kappa shape index (κ1) is 10.5. The second-order valence-electron chi connectivity index (χ2n) is 4.07. The van der Waals surface area contributed by atoms with Gasteiger partial charge in [0.1, 0.15) is 5.52 Å². The average molecular weight is 245 g/mol. The van der Waals surface area contributed by atoms with Crippen molar-refractivity contribution in [2.24, 2.45) is 0 Å². The maximum atomic E-state index is 10.5. The maximum absolute atomic E-state index is 10.5. The molecule has 0 saturated carbocycles. The van der Waals surface area contributed by atoms with Crippen molar-refractivity contribution in [2.75, 3.05) is 0 Å². The van der Waals surface area contributed by atoms with E-state index in [1.165, 1.54) is 11.3 Å². The Morgan fingerprint density at radius 3 is 2.82 bits per heavy atom. The summed E-state index contributed by atoms with van der Waals surface area (Å²) in [6.45, 7) is 1.69. The third-order valence-electron chi connectivity index (χ3n) is 2.79. The van der Waals surface area contributed by atoms with Crippen molar-refractivity contribution in [3.63, 3.8) is 0 Å². The van der Waals surface area contributed by atoms with Crippen LogP contribution in [0, 0.1) is 0 Å². The minimum Gasteiger partial charge on any atom is -0.437 e. The Hall–Kier alpha value is -1.65. The lowest BCUT2D eigenvalue weighted by Gasteiger charge is -2.17. The number of fused-ring (bicyclic) bond motifs is 1. The van der Waals surface area contributed by atoms with Crippen LogP contribution in [0.15, 0.2) is 45.5 Å². The van der Waals surface area contributed by atoms with Crippen molar-refractivity contribution in [3.8, 4) is 0 Å². The van der Waals surface area contributed by atoms with Gasteiger partial charge in [-0.2, -0.15) is 11.3 Å². The normalized spacial score (nSPS) is 14.9. The lowest BCUT2D eigenvalue weighted by Crippen LogP contribution is -2.22. The number of nitrogens with zero attached hydrogens (tertiary/aromatic N) is 1. The molecule has 0 aliphatic carbocycles. The van der Waals surface area contributed by atoms with Crippen molar-refractivity contribution < 1.29 is 9.52 Å². The number of hydrogen-bond acceptors (Lipinski definition) is 4. The third kappa shape index (κ3) is 1.66. The molecule has 0 saturated heterocycles. The fourth-order valence-electron chi connectivity index (χ4n) is 1.75. The summed E-state index contributed by atoms with van der Waals surface area (Å²) >= 11 is 1.54. The number of rotatable bonds is 2. The van der Waals surface area contributed by atoms with Gasteiger partial charge in [0.15, 0.2) is 11.2 Å². The van der Waals surface area contributed by atoms with Crippen LogP contribution in [0.3, 0.4) is 0 Å². The first-order valence-corrected chi connectivity index (χ1v) is 6.23. The number of hydrogen-bond donors (Lipinski definition) is 1. The Balaban J connectivity index is 2.15. The summed E-state index contributed by atoms with van der Waals surface area (Å²) in [6.07, 6.45) is 0. The molecular formula is C13H11NO2S. The Morgan fingerprint density at radius 1 is 1.29 bits per heavy atom. The molecule has 0 spiro atoms. The van der Waals surface area contributed by atoms with E-state index in [0.717, 1.165) is 11.1 Å². The number of thiophene rings is 1. The van der Waals surface area contributed by atoms with E-state index in [2.05, 4.69) is 4.98 Å². The van der Waals surface area contributed by atoms with E-state index < -0.39 is 5.60 Å². The van der Waals surface area contributed by atoms with Crippen molar-refractivity contribution in [2.45, 2.75) is 12.5 Å². The number of para-hydroxylation sites is 2. The number of oxazole rings is 1. The zero-order valence-corrected chi connectivity index (χ0v) is 10.1. The van der Waals surface area contributed by atoms with E-state index >= 15 is 0 Å². The molecule has 86 valence electrons. The van der Waals surface area contributed by atoms with Crippen molar-refractivity contribution in [1.82, 2.24) is 4.98 Å². The Bertz CT molecular complexity index is 607. The molecule has 0 aliphatic rings. The number of benzene rings is 1. The van der Waals surface area contributed by atoms with Crippen molar-refractivity contribution in [1.29, 1.82) is 0 Å². The van der Waals surface area contributed by atoms with Gasteiger partial charge < -0.3 is 9.52 Å².